The third-order valence-electron chi connectivity index (χ3n) is 4.77. The first-order valence-corrected chi connectivity index (χ1v) is 9.60. The molecule has 1 saturated heterocycles. The normalized spacial score (nSPS) is 23.0. The van der Waals surface area contributed by atoms with E-state index in [2.05, 4.69) is 9.97 Å². The topological polar surface area (TPSA) is 72.4 Å². The van der Waals surface area contributed by atoms with Crippen molar-refractivity contribution in [1.82, 2.24) is 14.3 Å². The summed E-state index contributed by atoms with van der Waals surface area (Å²) < 4.78 is 33.4. The lowest BCUT2D eigenvalue weighted by molar-refractivity contribution is 0.300. The number of benzene rings is 1. The molecule has 2 bridgehead atoms. The summed E-state index contributed by atoms with van der Waals surface area (Å²) in [6, 6.07) is 6.48. The van der Waals surface area contributed by atoms with Crippen molar-refractivity contribution in [3.8, 4) is 5.75 Å². The lowest BCUT2D eigenvalue weighted by Gasteiger charge is -2.34. The molecular formula is C17H19N3O3S. The van der Waals surface area contributed by atoms with Crippen LogP contribution in [0.3, 0.4) is 0 Å². The van der Waals surface area contributed by atoms with Crippen molar-refractivity contribution < 1.29 is 13.2 Å². The Morgan fingerprint density at radius 1 is 1.25 bits per heavy atom. The van der Waals surface area contributed by atoms with E-state index in [0.717, 1.165) is 24.1 Å². The van der Waals surface area contributed by atoms with Gasteiger partial charge in [0.05, 0.1) is 23.2 Å². The molecule has 0 saturated carbocycles. The van der Waals surface area contributed by atoms with Crippen molar-refractivity contribution in [2.24, 2.45) is 0 Å². The summed E-state index contributed by atoms with van der Waals surface area (Å²) in [4.78, 5) is 8.73. The molecule has 2 aliphatic heterocycles. The molecule has 0 radical (unpaired) electrons. The molecule has 0 spiro atoms. The molecule has 2 atom stereocenters. The minimum Gasteiger partial charge on any atom is -0.494 e. The number of fused-ring (bicyclic) bond motifs is 4. The molecule has 2 aromatic rings. The predicted octanol–water partition coefficient (Wildman–Crippen LogP) is 2.33. The Labute approximate surface area is 141 Å². The van der Waals surface area contributed by atoms with Crippen LogP contribution in [-0.4, -0.2) is 35.3 Å². The minimum atomic E-state index is -3.55. The first-order valence-electron chi connectivity index (χ1n) is 8.16. The number of nitrogens with zero attached hydrogens (tertiary/aromatic N) is 3. The Hall–Kier alpha value is -1.99. The number of aromatic nitrogens is 2. The maximum absolute atomic E-state index is 13.2. The van der Waals surface area contributed by atoms with E-state index in [0.29, 0.717) is 23.7 Å². The lowest BCUT2D eigenvalue weighted by Crippen LogP contribution is -2.42. The highest BCUT2D eigenvalue weighted by atomic mass is 32.2. The van der Waals surface area contributed by atoms with Gasteiger partial charge in [0.2, 0.25) is 10.0 Å². The number of hydrogen-bond donors (Lipinski definition) is 0. The van der Waals surface area contributed by atoms with E-state index >= 15 is 0 Å². The van der Waals surface area contributed by atoms with Gasteiger partial charge in [-0.25, -0.2) is 18.4 Å². The SMILES string of the molecule is CCOc1ccc(S(=O)(=O)N2C3CCC2c2cncnc2C3)cc1. The van der Waals surface area contributed by atoms with Gasteiger partial charge in [-0.2, -0.15) is 4.31 Å². The third kappa shape index (κ3) is 2.39. The van der Waals surface area contributed by atoms with Crippen molar-refractivity contribution in [2.75, 3.05) is 6.61 Å². The Kier molecular flexibility index (Phi) is 3.77. The summed E-state index contributed by atoms with van der Waals surface area (Å²) in [5.41, 5.74) is 1.93. The summed E-state index contributed by atoms with van der Waals surface area (Å²) >= 11 is 0. The molecule has 1 fully saturated rings. The smallest absolute Gasteiger partial charge is 0.243 e. The van der Waals surface area contributed by atoms with Crippen LogP contribution in [0.25, 0.3) is 0 Å². The number of hydrogen-bond acceptors (Lipinski definition) is 5. The molecule has 0 amide bonds. The average Bonchev–Trinajstić information content (AvgIpc) is 2.92. The van der Waals surface area contributed by atoms with Gasteiger partial charge in [0.15, 0.2) is 0 Å². The van der Waals surface area contributed by atoms with Crippen molar-refractivity contribution >= 4 is 10.0 Å². The fourth-order valence-corrected chi connectivity index (χ4v) is 5.59. The average molecular weight is 345 g/mol. The fourth-order valence-electron chi connectivity index (χ4n) is 3.74. The van der Waals surface area contributed by atoms with Gasteiger partial charge < -0.3 is 4.74 Å². The zero-order valence-electron chi connectivity index (χ0n) is 13.4. The highest BCUT2D eigenvalue weighted by Gasteiger charge is 2.47. The van der Waals surface area contributed by atoms with Crippen LogP contribution >= 0.6 is 0 Å². The second-order valence-electron chi connectivity index (χ2n) is 6.12. The molecule has 1 aromatic carbocycles. The van der Waals surface area contributed by atoms with Gasteiger partial charge in [-0.1, -0.05) is 0 Å². The van der Waals surface area contributed by atoms with Crippen molar-refractivity contribution in [2.45, 2.75) is 43.2 Å². The Morgan fingerprint density at radius 3 is 2.79 bits per heavy atom. The van der Waals surface area contributed by atoms with Crippen LogP contribution in [-0.2, 0) is 16.4 Å². The number of rotatable bonds is 4. The Bertz CT molecular complexity index is 852. The lowest BCUT2D eigenvalue weighted by atomic mass is 10.0. The van der Waals surface area contributed by atoms with E-state index in [9.17, 15) is 8.42 Å². The van der Waals surface area contributed by atoms with Gasteiger partial charge in [0.1, 0.15) is 12.1 Å². The van der Waals surface area contributed by atoms with E-state index in [4.69, 9.17) is 4.74 Å². The van der Waals surface area contributed by atoms with E-state index in [1.165, 1.54) is 6.33 Å². The molecule has 2 unspecified atom stereocenters. The number of sulfonamides is 1. The van der Waals surface area contributed by atoms with Crippen LogP contribution in [0, 0.1) is 0 Å². The summed E-state index contributed by atoms with van der Waals surface area (Å²) in [7, 11) is -3.55. The fraction of sp³-hybridized carbons (Fsp3) is 0.412. The van der Waals surface area contributed by atoms with Crippen molar-refractivity contribution in [3.63, 3.8) is 0 Å². The second-order valence-corrected chi connectivity index (χ2v) is 7.96. The van der Waals surface area contributed by atoms with E-state index in [1.807, 2.05) is 6.92 Å². The summed E-state index contributed by atoms with van der Waals surface area (Å²) in [6.07, 6.45) is 5.63. The van der Waals surface area contributed by atoms with Crippen molar-refractivity contribution in [3.05, 3.63) is 48.0 Å². The molecule has 3 heterocycles. The molecule has 1 aromatic heterocycles. The van der Waals surface area contributed by atoms with Crippen LogP contribution in [0.5, 0.6) is 5.75 Å². The molecule has 24 heavy (non-hydrogen) atoms. The maximum atomic E-state index is 13.2. The van der Waals surface area contributed by atoms with Crippen LogP contribution in [0.15, 0.2) is 41.7 Å². The highest BCUT2D eigenvalue weighted by molar-refractivity contribution is 7.89. The zero-order chi connectivity index (χ0) is 16.7. The second kappa shape index (κ2) is 5.82. The van der Waals surface area contributed by atoms with Gasteiger partial charge in [-0.3, -0.25) is 0 Å². The van der Waals surface area contributed by atoms with Crippen molar-refractivity contribution in [1.29, 1.82) is 0 Å². The van der Waals surface area contributed by atoms with Crippen LogP contribution in [0.2, 0.25) is 0 Å². The van der Waals surface area contributed by atoms with Gasteiger partial charge in [-0.15, -0.1) is 0 Å². The van der Waals surface area contributed by atoms with E-state index < -0.39 is 10.0 Å². The van der Waals surface area contributed by atoms with E-state index in [1.54, 1.807) is 34.8 Å². The van der Waals surface area contributed by atoms with Crippen LogP contribution < -0.4 is 4.74 Å². The Morgan fingerprint density at radius 2 is 2.04 bits per heavy atom. The maximum Gasteiger partial charge on any atom is 0.243 e. The highest BCUT2D eigenvalue weighted by Crippen LogP contribution is 2.45. The molecule has 6 nitrogen and oxygen atoms in total. The van der Waals surface area contributed by atoms with E-state index in [-0.39, 0.29) is 12.1 Å². The summed E-state index contributed by atoms with van der Waals surface area (Å²) in [5, 5.41) is 0. The van der Waals surface area contributed by atoms with Crippen LogP contribution in [0.1, 0.15) is 37.1 Å². The first-order chi connectivity index (χ1) is 11.6. The Balaban J connectivity index is 1.70. The molecular weight excluding hydrogens is 326 g/mol. The summed E-state index contributed by atoms with van der Waals surface area (Å²) in [6.45, 7) is 2.45. The predicted molar refractivity (Wildman–Crippen MR) is 88.1 cm³/mol. The molecule has 0 aliphatic carbocycles. The summed E-state index contributed by atoms with van der Waals surface area (Å²) in [5.74, 6) is 0.678. The largest absolute Gasteiger partial charge is 0.494 e. The zero-order valence-corrected chi connectivity index (χ0v) is 14.2. The van der Waals surface area contributed by atoms with Gasteiger partial charge in [-0.05, 0) is 44.0 Å². The standard InChI is InChI=1S/C17H19N3O3S/c1-2-23-13-4-6-14(7-5-13)24(21,22)20-12-3-8-17(20)15-10-18-11-19-16(15)9-12/h4-7,10-12,17H,2-3,8-9H2,1H3. The molecule has 0 N–H and O–H groups in total. The van der Waals surface area contributed by atoms with Gasteiger partial charge in [0.25, 0.3) is 0 Å². The molecule has 4 rings (SSSR count). The first kappa shape index (κ1) is 15.5. The molecule has 126 valence electrons. The van der Waals surface area contributed by atoms with Crippen LogP contribution in [0.4, 0.5) is 0 Å². The number of ether oxygens (including phenoxy) is 1. The quantitative estimate of drug-likeness (QED) is 0.850. The molecule has 2 aliphatic rings. The van der Waals surface area contributed by atoms with Gasteiger partial charge in [0, 0.05) is 24.2 Å². The third-order valence-corrected chi connectivity index (χ3v) is 6.74. The monoisotopic (exact) mass is 345 g/mol. The van der Waals surface area contributed by atoms with Gasteiger partial charge >= 0.3 is 0 Å². The molecule has 7 heteroatoms. The minimum absolute atomic E-state index is 0.0195.